The van der Waals surface area contributed by atoms with Crippen LogP contribution < -0.4 is 0 Å². The predicted octanol–water partition coefficient (Wildman–Crippen LogP) is 3.37. The molecule has 5 nitrogen and oxygen atoms in total. The maximum absolute atomic E-state index is 12.4. The van der Waals surface area contributed by atoms with Gasteiger partial charge in [-0.15, -0.1) is 0 Å². The summed E-state index contributed by atoms with van der Waals surface area (Å²) in [7, 11) is 0. The number of phenolic OH excluding ortho intramolecular Hbond substituents is 2. The fraction of sp³-hybridized carbons (Fsp3) is 0. The number of rotatable bonds is 3. The Bertz CT molecular complexity index is 977. The first-order valence-corrected chi connectivity index (χ1v) is 6.84. The number of benzene rings is 2. The summed E-state index contributed by atoms with van der Waals surface area (Å²) in [5, 5.41) is 29.0. The van der Waals surface area contributed by atoms with Gasteiger partial charge in [0.05, 0.1) is 0 Å². The fourth-order valence-electron chi connectivity index (χ4n) is 2.30. The molecular formula is C18H12N2O3. The Morgan fingerprint density at radius 3 is 2.65 bits per heavy atom. The van der Waals surface area contributed by atoms with Crippen LogP contribution >= 0.6 is 0 Å². The molecule has 0 saturated carbocycles. The van der Waals surface area contributed by atoms with Crippen molar-refractivity contribution in [3.05, 3.63) is 65.4 Å². The standard InChI is InChI=1S/C18H12N2O3/c19-10-14(18(23)13-2-4-16(21)17(22)9-13)8-11-1-3-15-12(7-11)5-6-20-15/h1-9,20-22H. The van der Waals surface area contributed by atoms with E-state index in [0.29, 0.717) is 0 Å². The van der Waals surface area contributed by atoms with E-state index < -0.39 is 11.5 Å². The first-order chi connectivity index (χ1) is 11.1. The molecule has 2 aromatic carbocycles. The molecule has 0 amide bonds. The Hall–Kier alpha value is -3.52. The Kier molecular flexibility index (Phi) is 3.57. The van der Waals surface area contributed by atoms with Crippen LogP contribution in [0, 0.1) is 11.3 Å². The van der Waals surface area contributed by atoms with E-state index in [9.17, 15) is 20.3 Å². The normalized spacial score (nSPS) is 11.3. The number of fused-ring (bicyclic) bond motifs is 1. The molecule has 0 spiro atoms. The van der Waals surface area contributed by atoms with Crippen LogP contribution in [-0.2, 0) is 0 Å². The predicted molar refractivity (Wildman–Crippen MR) is 86.0 cm³/mol. The van der Waals surface area contributed by atoms with Gasteiger partial charge >= 0.3 is 0 Å². The van der Waals surface area contributed by atoms with Crippen LogP contribution in [0.3, 0.4) is 0 Å². The summed E-state index contributed by atoms with van der Waals surface area (Å²) >= 11 is 0. The average Bonchev–Trinajstić information content (AvgIpc) is 3.02. The minimum Gasteiger partial charge on any atom is -0.504 e. The number of Topliss-reactive ketones (excluding diaryl/α,β-unsaturated/α-hetero) is 1. The highest BCUT2D eigenvalue weighted by atomic mass is 16.3. The number of allylic oxidation sites excluding steroid dienone is 1. The second-order valence-electron chi connectivity index (χ2n) is 5.03. The van der Waals surface area contributed by atoms with E-state index in [0.717, 1.165) is 22.5 Å². The number of carbonyl (C=O) groups excluding carboxylic acids is 1. The third-order valence-corrected chi connectivity index (χ3v) is 3.49. The van der Waals surface area contributed by atoms with Crippen molar-refractivity contribution < 1.29 is 15.0 Å². The SMILES string of the molecule is N#CC(=Cc1ccc2[nH]ccc2c1)C(=O)c1ccc(O)c(O)c1. The van der Waals surface area contributed by atoms with Crippen molar-refractivity contribution in [1.82, 2.24) is 4.98 Å². The van der Waals surface area contributed by atoms with Crippen molar-refractivity contribution in [3.63, 3.8) is 0 Å². The Morgan fingerprint density at radius 1 is 1.09 bits per heavy atom. The monoisotopic (exact) mass is 304 g/mol. The Labute approximate surface area is 131 Å². The first kappa shape index (κ1) is 14.4. The summed E-state index contributed by atoms with van der Waals surface area (Å²) in [6.45, 7) is 0. The lowest BCUT2D eigenvalue weighted by Gasteiger charge is -2.02. The van der Waals surface area contributed by atoms with Gasteiger partial charge in [-0.1, -0.05) is 6.07 Å². The van der Waals surface area contributed by atoms with E-state index in [1.165, 1.54) is 18.2 Å². The quantitative estimate of drug-likeness (QED) is 0.299. The number of aromatic amines is 1. The van der Waals surface area contributed by atoms with Crippen LogP contribution in [0.25, 0.3) is 17.0 Å². The molecule has 0 radical (unpaired) electrons. The zero-order chi connectivity index (χ0) is 16.4. The van der Waals surface area contributed by atoms with Crippen LogP contribution in [0.5, 0.6) is 11.5 Å². The molecule has 23 heavy (non-hydrogen) atoms. The van der Waals surface area contributed by atoms with Crippen LogP contribution in [0.15, 0.2) is 54.2 Å². The third-order valence-electron chi connectivity index (χ3n) is 3.49. The fourth-order valence-corrected chi connectivity index (χ4v) is 2.30. The molecule has 0 aliphatic rings. The molecule has 0 bridgehead atoms. The van der Waals surface area contributed by atoms with E-state index in [1.54, 1.807) is 6.07 Å². The zero-order valence-electron chi connectivity index (χ0n) is 11.9. The number of aromatic hydroxyl groups is 2. The molecule has 3 N–H and O–H groups in total. The summed E-state index contributed by atoms with van der Waals surface area (Å²) in [5.74, 6) is -1.24. The van der Waals surface area contributed by atoms with Crippen molar-refractivity contribution in [1.29, 1.82) is 5.26 Å². The number of carbonyl (C=O) groups is 1. The molecule has 3 aromatic rings. The van der Waals surface area contributed by atoms with E-state index in [-0.39, 0.29) is 16.9 Å². The van der Waals surface area contributed by atoms with Gasteiger partial charge in [-0.05, 0) is 53.4 Å². The number of hydrogen-bond donors (Lipinski definition) is 3. The van der Waals surface area contributed by atoms with E-state index in [2.05, 4.69) is 4.98 Å². The molecule has 0 atom stereocenters. The third kappa shape index (κ3) is 2.78. The molecule has 1 aromatic heterocycles. The molecular weight excluding hydrogens is 292 g/mol. The van der Waals surface area contributed by atoms with Gasteiger partial charge < -0.3 is 15.2 Å². The summed E-state index contributed by atoms with van der Waals surface area (Å²) in [6.07, 6.45) is 3.31. The summed E-state index contributed by atoms with van der Waals surface area (Å²) in [6, 6.07) is 13.0. The number of nitrogens with zero attached hydrogens (tertiary/aromatic N) is 1. The molecule has 112 valence electrons. The van der Waals surface area contributed by atoms with E-state index in [1.807, 2.05) is 30.5 Å². The van der Waals surface area contributed by atoms with Crippen LogP contribution in [0.4, 0.5) is 0 Å². The van der Waals surface area contributed by atoms with Crippen molar-refractivity contribution in [2.24, 2.45) is 0 Å². The lowest BCUT2D eigenvalue weighted by atomic mass is 10.0. The van der Waals surface area contributed by atoms with Crippen LogP contribution in [-0.4, -0.2) is 21.0 Å². The lowest BCUT2D eigenvalue weighted by molar-refractivity contribution is 0.103. The van der Waals surface area contributed by atoms with Gasteiger partial charge in [0.1, 0.15) is 11.6 Å². The number of aromatic nitrogens is 1. The molecule has 0 saturated heterocycles. The van der Waals surface area contributed by atoms with Gasteiger partial charge in [0.25, 0.3) is 0 Å². The lowest BCUT2D eigenvalue weighted by Crippen LogP contribution is -2.01. The van der Waals surface area contributed by atoms with E-state index >= 15 is 0 Å². The zero-order valence-corrected chi connectivity index (χ0v) is 11.9. The van der Waals surface area contributed by atoms with Gasteiger partial charge in [0.15, 0.2) is 11.5 Å². The van der Waals surface area contributed by atoms with Crippen molar-refractivity contribution in [3.8, 4) is 17.6 Å². The van der Waals surface area contributed by atoms with Gasteiger partial charge in [-0.2, -0.15) is 5.26 Å². The summed E-state index contributed by atoms with van der Waals surface area (Å²) in [4.78, 5) is 15.4. The summed E-state index contributed by atoms with van der Waals surface area (Å²) in [5.41, 5.74) is 1.78. The number of phenols is 2. The smallest absolute Gasteiger partial charge is 0.203 e. The Morgan fingerprint density at radius 2 is 1.91 bits per heavy atom. The first-order valence-electron chi connectivity index (χ1n) is 6.84. The number of nitriles is 1. The highest BCUT2D eigenvalue weighted by Gasteiger charge is 2.14. The van der Waals surface area contributed by atoms with Crippen molar-refractivity contribution in [2.45, 2.75) is 0 Å². The minimum absolute atomic E-state index is 0.0509. The van der Waals surface area contributed by atoms with Crippen molar-refractivity contribution >= 4 is 22.8 Å². The molecule has 0 aliphatic heterocycles. The van der Waals surface area contributed by atoms with Crippen LogP contribution in [0.1, 0.15) is 15.9 Å². The van der Waals surface area contributed by atoms with Gasteiger partial charge in [0, 0.05) is 17.3 Å². The second-order valence-corrected chi connectivity index (χ2v) is 5.03. The van der Waals surface area contributed by atoms with Gasteiger partial charge in [-0.3, -0.25) is 4.79 Å². The average molecular weight is 304 g/mol. The second kappa shape index (κ2) is 5.70. The highest BCUT2D eigenvalue weighted by molar-refractivity contribution is 6.14. The molecule has 5 heteroatoms. The Balaban J connectivity index is 1.99. The number of nitrogens with one attached hydrogen (secondary N) is 1. The van der Waals surface area contributed by atoms with Crippen LogP contribution in [0.2, 0.25) is 0 Å². The number of H-pyrrole nitrogens is 1. The molecule has 1 heterocycles. The van der Waals surface area contributed by atoms with Gasteiger partial charge in [-0.25, -0.2) is 0 Å². The molecule has 3 rings (SSSR count). The maximum atomic E-state index is 12.4. The van der Waals surface area contributed by atoms with Gasteiger partial charge in [0.2, 0.25) is 5.78 Å². The topological polar surface area (TPSA) is 97.1 Å². The molecule has 0 unspecified atom stereocenters. The number of hydrogen-bond acceptors (Lipinski definition) is 4. The molecule has 0 aliphatic carbocycles. The highest BCUT2D eigenvalue weighted by Crippen LogP contribution is 2.26. The maximum Gasteiger partial charge on any atom is 0.203 e. The molecule has 0 fully saturated rings. The minimum atomic E-state index is -0.517. The van der Waals surface area contributed by atoms with Crippen molar-refractivity contribution in [2.75, 3.05) is 0 Å². The largest absolute Gasteiger partial charge is 0.504 e. The summed E-state index contributed by atoms with van der Waals surface area (Å²) < 4.78 is 0. The number of ketones is 1. The van der Waals surface area contributed by atoms with E-state index in [4.69, 9.17) is 0 Å².